The van der Waals surface area contributed by atoms with Gasteiger partial charge in [0.15, 0.2) is 5.78 Å². The van der Waals surface area contributed by atoms with E-state index in [1.54, 1.807) is 12.1 Å². The van der Waals surface area contributed by atoms with Gasteiger partial charge in [-0.15, -0.1) is 0 Å². The second-order valence-corrected chi connectivity index (χ2v) is 8.81. The average molecular weight is 368 g/mol. The Morgan fingerprint density at radius 1 is 1.16 bits per heavy atom. The van der Waals surface area contributed by atoms with E-state index < -0.39 is 10.0 Å². The number of ether oxygens (including phenoxy) is 1. The number of hydrogen-bond donors (Lipinski definition) is 0. The number of benzene rings is 1. The van der Waals surface area contributed by atoms with Crippen LogP contribution in [0.15, 0.2) is 24.3 Å². The van der Waals surface area contributed by atoms with Crippen molar-refractivity contribution in [3.63, 3.8) is 0 Å². The highest BCUT2D eigenvalue weighted by Gasteiger charge is 2.40. The van der Waals surface area contributed by atoms with Gasteiger partial charge in [0.05, 0.1) is 12.9 Å². The summed E-state index contributed by atoms with van der Waals surface area (Å²) in [5.41, 5.74) is 0.629. The van der Waals surface area contributed by atoms with Gasteiger partial charge in [0, 0.05) is 24.6 Å². The normalized spacial score (nSPS) is 21.4. The number of ketones is 1. The molecular formula is C19H29NO4S. The molecule has 1 aliphatic heterocycles. The minimum absolute atomic E-state index is 0.0321. The largest absolute Gasteiger partial charge is 0.494 e. The quantitative estimate of drug-likeness (QED) is 0.496. The summed E-state index contributed by atoms with van der Waals surface area (Å²) in [6, 6.07) is 7.22. The molecule has 5 nitrogen and oxygen atoms in total. The topological polar surface area (TPSA) is 63.7 Å². The van der Waals surface area contributed by atoms with Crippen molar-refractivity contribution in [2.45, 2.75) is 39.5 Å². The summed E-state index contributed by atoms with van der Waals surface area (Å²) in [6.45, 7) is 5.58. The Kier molecular flexibility index (Phi) is 7.02. The molecule has 0 aliphatic carbocycles. The van der Waals surface area contributed by atoms with E-state index in [9.17, 15) is 13.2 Å². The fourth-order valence-corrected chi connectivity index (χ4v) is 4.22. The number of hydrogen-bond acceptors (Lipinski definition) is 4. The number of carbonyl (C=O) groups is 1. The van der Waals surface area contributed by atoms with Crippen LogP contribution in [0.3, 0.4) is 0 Å². The Balaban J connectivity index is 2.09. The molecule has 0 radical (unpaired) electrons. The molecule has 1 aliphatic rings. The lowest BCUT2D eigenvalue weighted by Gasteiger charge is -2.16. The number of carbonyl (C=O) groups excluding carboxylic acids is 1. The zero-order valence-electron chi connectivity index (χ0n) is 15.4. The highest BCUT2D eigenvalue weighted by Crippen LogP contribution is 2.32. The second-order valence-electron chi connectivity index (χ2n) is 6.83. The molecule has 1 fully saturated rings. The third-order valence-corrected chi connectivity index (χ3v) is 6.01. The maximum Gasteiger partial charge on any atom is 0.211 e. The van der Waals surface area contributed by atoms with Crippen LogP contribution in [0.2, 0.25) is 0 Å². The van der Waals surface area contributed by atoms with Crippen molar-refractivity contribution in [2.24, 2.45) is 11.8 Å². The maximum absolute atomic E-state index is 12.9. The van der Waals surface area contributed by atoms with Crippen molar-refractivity contribution in [3.8, 4) is 5.75 Å². The molecule has 1 unspecified atom stereocenters. The Bertz CT molecular complexity index is 669. The predicted octanol–water partition coefficient (Wildman–Crippen LogP) is 3.36. The number of sulfonamides is 1. The molecule has 1 aromatic carbocycles. The van der Waals surface area contributed by atoms with Crippen molar-refractivity contribution in [2.75, 3.05) is 26.0 Å². The van der Waals surface area contributed by atoms with Crippen LogP contribution in [0, 0.1) is 11.8 Å². The molecule has 1 saturated heterocycles. The predicted molar refractivity (Wildman–Crippen MR) is 99.5 cm³/mol. The van der Waals surface area contributed by atoms with Crippen molar-refractivity contribution >= 4 is 15.8 Å². The van der Waals surface area contributed by atoms with Crippen LogP contribution in [0.25, 0.3) is 0 Å². The standard InChI is InChI=1S/C19H29NO4S/c1-4-6-12-24-17-10-8-15(9-11-17)19(21)18-14-20(25(3,22)23)13-16(18)7-5-2/h8-11,16,18H,4-7,12-14H2,1-3H3/t16-,18?/m0/s1. The molecule has 2 atom stereocenters. The summed E-state index contributed by atoms with van der Waals surface area (Å²) in [6.07, 6.45) is 5.10. The fourth-order valence-electron chi connectivity index (χ4n) is 3.33. The number of Topliss-reactive ketones (excluding diaryl/α,β-unsaturated/α-hetero) is 1. The minimum Gasteiger partial charge on any atom is -0.494 e. The second kappa shape index (κ2) is 8.81. The van der Waals surface area contributed by atoms with E-state index in [-0.39, 0.29) is 24.2 Å². The van der Waals surface area contributed by atoms with Gasteiger partial charge < -0.3 is 4.74 Å². The van der Waals surface area contributed by atoms with Crippen molar-refractivity contribution in [1.82, 2.24) is 4.31 Å². The van der Waals surface area contributed by atoms with E-state index >= 15 is 0 Å². The van der Waals surface area contributed by atoms with Crippen LogP contribution < -0.4 is 4.74 Å². The molecule has 1 aromatic rings. The lowest BCUT2D eigenvalue weighted by atomic mass is 9.86. The summed E-state index contributed by atoms with van der Waals surface area (Å²) < 4.78 is 30.8. The SMILES string of the molecule is CCCCOc1ccc(C(=O)C2CN(S(C)(=O)=O)C[C@@H]2CCC)cc1. The van der Waals surface area contributed by atoms with E-state index in [1.165, 1.54) is 10.6 Å². The molecule has 140 valence electrons. The number of unbranched alkanes of at least 4 members (excludes halogenated alkanes) is 1. The molecule has 0 aromatic heterocycles. The van der Waals surface area contributed by atoms with Gasteiger partial charge in [-0.1, -0.05) is 26.7 Å². The van der Waals surface area contributed by atoms with Crippen LogP contribution in [0.5, 0.6) is 5.75 Å². The first kappa shape index (κ1) is 19.9. The number of nitrogens with zero attached hydrogens (tertiary/aromatic N) is 1. The molecule has 0 bridgehead atoms. The van der Waals surface area contributed by atoms with Gasteiger partial charge in [0.2, 0.25) is 10.0 Å². The third-order valence-electron chi connectivity index (χ3n) is 4.78. The lowest BCUT2D eigenvalue weighted by Crippen LogP contribution is -2.28. The highest BCUT2D eigenvalue weighted by atomic mass is 32.2. The fraction of sp³-hybridized carbons (Fsp3) is 0.632. The summed E-state index contributed by atoms with van der Waals surface area (Å²) in [5.74, 6) is 0.623. The van der Waals surface area contributed by atoms with E-state index in [2.05, 4.69) is 13.8 Å². The summed E-state index contributed by atoms with van der Waals surface area (Å²) in [5, 5.41) is 0. The molecular weight excluding hydrogens is 338 g/mol. The molecule has 1 heterocycles. The first-order chi connectivity index (χ1) is 11.9. The maximum atomic E-state index is 12.9. The van der Waals surface area contributed by atoms with Crippen molar-refractivity contribution in [3.05, 3.63) is 29.8 Å². The smallest absolute Gasteiger partial charge is 0.211 e. The highest BCUT2D eigenvalue weighted by molar-refractivity contribution is 7.88. The van der Waals surface area contributed by atoms with Crippen LogP contribution in [-0.2, 0) is 10.0 Å². The van der Waals surface area contributed by atoms with Crippen LogP contribution in [0.1, 0.15) is 49.9 Å². The lowest BCUT2D eigenvalue weighted by molar-refractivity contribution is 0.0897. The third kappa shape index (κ3) is 5.28. The Hall–Kier alpha value is -1.40. The first-order valence-corrected chi connectivity index (χ1v) is 10.9. The van der Waals surface area contributed by atoms with Crippen LogP contribution in [0.4, 0.5) is 0 Å². The van der Waals surface area contributed by atoms with Gasteiger partial charge in [-0.05, 0) is 43.0 Å². The monoisotopic (exact) mass is 367 g/mol. The first-order valence-electron chi connectivity index (χ1n) is 9.09. The van der Waals surface area contributed by atoms with E-state index in [1.807, 2.05) is 12.1 Å². The molecule has 0 amide bonds. The van der Waals surface area contributed by atoms with Crippen LogP contribution in [-0.4, -0.2) is 44.5 Å². The van der Waals surface area contributed by atoms with Crippen molar-refractivity contribution in [1.29, 1.82) is 0 Å². The van der Waals surface area contributed by atoms with E-state index in [0.717, 1.165) is 31.4 Å². The Morgan fingerprint density at radius 2 is 1.84 bits per heavy atom. The number of rotatable bonds is 9. The van der Waals surface area contributed by atoms with Gasteiger partial charge in [-0.3, -0.25) is 4.79 Å². The van der Waals surface area contributed by atoms with Gasteiger partial charge in [-0.25, -0.2) is 12.7 Å². The van der Waals surface area contributed by atoms with Crippen LogP contribution >= 0.6 is 0 Å². The zero-order chi connectivity index (χ0) is 18.4. The van der Waals surface area contributed by atoms with Gasteiger partial charge >= 0.3 is 0 Å². The summed E-state index contributed by atoms with van der Waals surface area (Å²) in [4.78, 5) is 12.9. The van der Waals surface area contributed by atoms with Crippen molar-refractivity contribution < 1.29 is 17.9 Å². The van der Waals surface area contributed by atoms with Gasteiger partial charge in [-0.2, -0.15) is 0 Å². The molecule has 25 heavy (non-hydrogen) atoms. The summed E-state index contributed by atoms with van der Waals surface area (Å²) in [7, 11) is -3.26. The zero-order valence-corrected chi connectivity index (χ0v) is 16.2. The molecule has 0 spiro atoms. The van der Waals surface area contributed by atoms with E-state index in [0.29, 0.717) is 18.7 Å². The molecule has 6 heteroatoms. The minimum atomic E-state index is -3.26. The molecule has 0 N–H and O–H groups in total. The molecule has 2 rings (SSSR count). The van der Waals surface area contributed by atoms with Gasteiger partial charge in [0.1, 0.15) is 5.75 Å². The average Bonchev–Trinajstić information content (AvgIpc) is 3.00. The summed E-state index contributed by atoms with van der Waals surface area (Å²) >= 11 is 0. The Labute approximate surface area is 151 Å². The van der Waals surface area contributed by atoms with E-state index in [4.69, 9.17) is 4.74 Å². The Morgan fingerprint density at radius 3 is 2.40 bits per heavy atom. The molecule has 0 saturated carbocycles. The van der Waals surface area contributed by atoms with Gasteiger partial charge in [0.25, 0.3) is 0 Å².